The van der Waals surface area contributed by atoms with Gasteiger partial charge in [0.2, 0.25) is 0 Å². The molecule has 0 fully saturated rings. The second kappa shape index (κ2) is 7.35. The molecule has 1 aliphatic heterocycles. The molecule has 7 nitrogen and oxygen atoms in total. The number of carbonyl (C=O) groups excluding carboxylic acids is 2. The maximum absolute atomic E-state index is 12.2. The lowest BCUT2D eigenvalue weighted by atomic mass is 10.1. The van der Waals surface area contributed by atoms with Crippen molar-refractivity contribution in [2.75, 3.05) is 13.2 Å². The average Bonchev–Trinajstić information content (AvgIpc) is 2.87. The van der Waals surface area contributed by atoms with Crippen molar-refractivity contribution in [1.29, 1.82) is 0 Å². The van der Waals surface area contributed by atoms with Gasteiger partial charge < -0.3 is 4.74 Å². The predicted molar refractivity (Wildman–Crippen MR) is 94.4 cm³/mol. The Balaban J connectivity index is 1.50. The number of hydrogen-bond acceptors (Lipinski definition) is 5. The van der Waals surface area contributed by atoms with Gasteiger partial charge in [-0.2, -0.15) is 0 Å². The van der Waals surface area contributed by atoms with Crippen LogP contribution in [-0.2, 0) is 0 Å². The van der Waals surface area contributed by atoms with E-state index in [4.69, 9.17) is 4.74 Å². The summed E-state index contributed by atoms with van der Waals surface area (Å²) < 4.78 is 5.62. The minimum absolute atomic E-state index is 0.0218. The maximum atomic E-state index is 12.2. The third-order valence-corrected chi connectivity index (χ3v) is 4.36. The molecule has 0 radical (unpaired) electrons. The summed E-state index contributed by atoms with van der Waals surface area (Å²) in [6, 6.07) is 11.5. The molecule has 0 atom stereocenters. The van der Waals surface area contributed by atoms with Crippen molar-refractivity contribution < 1.29 is 19.2 Å². The molecule has 0 spiro atoms. The van der Waals surface area contributed by atoms with E-state index < -0.39 is 4.92 Å². The van der Waals surface area contributed by atoms with Crippen molar-refractivity contribution in [1.82, 2.24) is 4.90 Å². The Morgan fingerprint density at radius 3 is 2.27 bits per heavy atom. The van der Waals surface area contributed by atoms with E-state index in [2.05, 4.69) is 0 Å². The van der Waals surface area contributed by atoms with Crippen LogP contribution < -0.4 is 4.74 Å². The highest BCUT2D eigenvalue weighted by Gasteiger charge is 2.34. The van der Waals surface area contributed by atoms with Crippen molar-refractivity contribution in [3.63, 3.8) is 0 Å². The summed E-state index contributed by atoms with van der Waals surface area (Å²) in [5, 5.41) is 10.9. The molecule has 0 aliphatic carbocycles. The summed E-state index contributed by atoms with van der Waals surface area (Å²) in [6.45, 7) is 2.32. The lowest BCUT2D eigenvalue weighted by Crippen LogP contribution is -2.30. The number of hydrogen-bond donors (Lipinski definition) is 0. The fourth-order valence-corrected chi connectivity index (χ4v) is 2.95. The first kappa shape index (κ1) is 17.6. The number of nitro benzene ring substituents is 1. The first-order valence-corrected chi connectivity index (χ1v) is 8.32. The largest absolute Gasteiger partial charge is 0.493 e. The number of nitro groups is 1. The Kier molecular flexibility index (Phi) is 4.97. The van der Waals surface area contributed by atoms with E-state index in [-0.39, 0.29) is 17.5 Å². The molecule has 26 heavy (non-hydrogen) atoms. The molecule has 134 valence electrons. The van der Waals surface area contributed by atoms with E-state index in [1.165, 1.54) is 11.0 Å². The van der Waals surface area contributed by atoms with E-state index in [0.29, 0.717) is 48.4 Å². The molecule has 0 saturated carbocycles. The molecule has 1 heterocycles. The number of ether oxygens (including phenoxy) is 1. The van der Waals surface area contributed by atoms with Gasteiger partial charge in [0.1, 0.15) is 5.75 Å². The molecule has 0 unspecified atom stereocenters. The van der Waals surface area contributed by atoms with E-state index in [1.807, 2.05) is 0 Å². The molecule has 2 aromatic carbocycles. The molecular weight excluding hydrogens is 336 g/mol. The summed E-state index contributed by atoms with van der Waals surface area (Å²) in [4.78, 5) is 36.2. The van der Waals surface area contributed by atoms with Gasteiger partial charge in [0.05, 0.1) is 28.2 Å². The number of amides is 2. The molecule has 2 amide bonds. The zero-order chi connectivity index (χ0) is 18.7. The van der Waals surface area contributed by atoms with E-state index >= 15 is 0 Å². The summed E-state index contributed by atoms with van der Waals surface area (Å²) in [5.74, 6) is -0.0537. The van der Waals surface area contributed by atoms with Crippen LogP contribution in [0.4, 0.5) is 5.69 Å². The van der Waals surface area contributed by atoms with Gasteiger partial charge in [-0.05, 0) is 38.0 Å². The standard InChI is InChI=1S/C19H18N2O5/c1-13-16(21(24)25)9-6-10-17(13)26-12-5-4-11-20-18(22)14-7-2-3-8-15(14)19(20)23/h2-3,6-10H,4-5,11-12H2,1H3. The van der Waals surface area contributed by atoms with Gasteiger partial charge in [-0.15, -0.1) is 0 Å². The normalized spacial score (nSPS) is 13.0. The van der Waals surface area contributed by atoms with Crippen molar-refractivity contribution in [3.8, 4) is 5.75 Å². The van der Waals surface area contributed by atoms with Crippen molar-refractivity contribution in [2.24, 2.45) is 0 Å². The maximum Gasteiger partial charge on any atom is 0.276 e. The lowest BCUT2D eigenvalue weighted by molar-refractivity contribution is -0.385. The Morgan fingerprint density at radius 2 is 1.65 bits per heavy atom. The van der Waals surface area contributed by atoms with Gasteiger partial charge >= 0.3 is 0 Å². The minimum Gasteiger partial charge on any atom is -0.493 e. The SMILES string of the molecule is Cc1c(OCCCCN2C(=O)c3ccccc3C2=O)cccc1[N+](=O)[O-]. The Bertz CT molecular complexity index is 843. The van der Waals surface area contributed by atoms with Crippen LogP contribution in [0.15, 0.2) is 42.5 Å². The minimum atomic E-state index is -0.440. The van der Waals surface area contributed by atoms with Crippen molar-refractivity contribution in [3.05, 3.63) is 69.3 Å². The molecule has 0 bridgehead atoms. The fraction of sp³-hybridized carbons (Fsp3) is 0.263. The Labute approximate surface area is 150 Å². The molecule has 1 aliphatic rings. The first-order chi connectivity index (χ1) is 12.5. The number of imide groups is 1. The number of rotatable bonds is 7. The quantitative estimate of drug-likeness (QED) is 0.329. The highest BCUT2D eigenvalue weighted by molar-refractivity contribution is 6.21. The van der Waals surface area contributed by atoms with Crippen LogP contribution >= 0.6 is 0 Å². The number of unbranched alkanes of at least 4 members (excludes halogenated alkanes) is 1. The zero-order valence-corrected chi connectivity index (χ0v) is 14.3. The third-order valence-electron chi connectivity index (χ3n) is 4.36. The second-order valence-electron chi connectivity index (χ2n) is 6.02. The van der Waals surface area contributed by atoms with Crippen LogP contribution in [-0.4, -0.2) is 34.8 Å². The summed E-state index contributed by atoms with van der Waals surface area (Å²) in [5.41, 5.74) is 1.40. The lowest BCUT2D eigenvalue weighted by Gasteiger charge is -2.14. The molecule has 2 aromatic rings. The van der Waals surface area contributed by atoms with Crippen LogP contribution in [0.1, 0.15) is 39.1 Å². The van der Waals surface area contributed by atoms with Crippen LogP contribution in [0.2, 0.25) is 0 Å². The van der Waals surface area contributed by atoms with Crippen molar-refractivity contribution >= 4 is 17.5 Å². The van der Waals surface area contributed by atoms with Gasteiger partial charge in [0.15, 0.2) is 0 Å². The predicted octanol–water partition coefficient (Wildman–Crippen LogP) is 3.36. The van der Waals surface area contributed by atoms with E-state index in [9.17, 15) is 19.7 Å². The molecular formula is C19H18N2O5. The third kappa shape index (κ3) is 3.28. The topological polar surface area (TPSA) is 89.8 Å². The highest BCUT2D eigenvalue weighted by Crippen LogP contribution is 2.27. The highest BCUT2D eigenvalue weighted by atomic mass is 16.6. The van der Waals surface area contributed by atoms with Crippen LogP contribution in [0.3, 0.4) is 0 Å². The van der Waals surface area contributed by atoms with Gasteiger partial charge in [-0.3, -0.25) is 24.6 Å². The number of carbonyl (C=O) groups is 2. The number of benzene rings is 2. The Morgan fingerprint density at radius 1 is 1.00 bits per heavy atom. The van der Waals surface area contributed by atoms with Crippen molar-refractivity contribution in [2.45, 2.75) is 19.8 Å². The molecule has 0 aromatic heterocycles. The molecule has 0 N–H and O–H groups in total. The van der Waals surface area contributed by atoms with Crippen LogP contribution in [0.5, 0.6) is 5.75 Å². The Hall–Kier alpha value is -3.22. The van der Waals surface area contributed by atoms with Gasteiger partial charge in [-0.1, -0.05) is 18.2 Å². The zero-order valence-electron chi connectivity index (χ0n) is 14.3. The van der Waals surface area contributed by atoms with E-state index in [1.54, 1.807) is 43.3 Å². The summed E-state index contributed by atoms with van der Waals surface area (Å²) in [7, 11) is 0. The van der Waals surface area contributed by atoms with Gasteiger partial charge in [0, 0.05) is 12.6 Å². The summed E-state index contributed by atoms with van der Waals surface area (Å²) >= 11 is 0. The first-order valence-electron chi connectivity index (χ1n) is 8.32. The smallest absolute Gasteiger partial charge is 0.276 e. The van der Waals surface area contributed by atoms with Crippen LogP contribution in [0, 0.1) is 17.0 Å². The number of nitrogens with zero attached hydrogens (tertiary/aromatic N) is 2. The monoisotopic (exact) mass is 354 g/mol. The fourth-order valence-electron chi connectivity index (χ4n) is 2.95. The number of fused-ring (bicyclic) bond motifs is 1. The van der Waals surface area contributed by atoms with Crippen LogP contribution in [0.25, 0.3) is 0 Å². The molecule has 0 saturated heterocycles. The van der Waals surface area contributed by atoms with Gasteiger partial charge in [0.25, 0.3) is 17.5 Å². The second-order valence-corrected chi connectivity index (χ2v) is 6.02. The van der Waals surface area contributed by atoms with Gasteiger partial charge in [-0.25, -0.2) is 0 Å². The molecule has 7 heteroatoms. The average molecular weight is 354 g/mol. The summed E-state index contributed by atoms with van der Waals surface area (Å²) in [6.07, 6.45) is 1.22. The van der Waals surface area contributed by atoms with E-state index in [0.717, 1.165) is 0 Å². The molecule has 3 rings (SSSR count).